The van der Waals surface area contributed by atoms with Crippen molar-refractivity contribution in [2.75, 3.05) is 5.43 Å². The largest absolute Gasteiger partial charge is 0.317 e. The van der Waals surface area contributed by atoms with Crippen LogP contribution in [0.25, 0.3) is 11.3 Å². The topological polar surface area (TPSA) is 59.8 Å². The van der Waals surface area contributed by atoms with Crippen molar-refractivity contribution in [3.8, 4) is 11.3 Å². The summed E-state index contributed by atoms with van der Waals surface area (Å²) in [7, 11) is 0. The predicted molar refractivity (Wildman–Crippen MR) is 86.0 cm³/mol. The summed E-state index contributed by atoms with van der Waals surface area (Å²) in [6.07, 6.45) is 0. The molecule has 3 aromatic rings. The molecule has 0 aliphatic heterocycles. The second-order valence-corrected chi connectivity index (χ2v) is 4.92. The molecular weight excluding hydrogens is 276 g/mol. The van der Waals surface area contributed by atoms with Crippen LogP contribution in [0.15, 0.2) is 65.5 Å². The van der Waals surface area contributed by atoms with Gasteiger partial charge in [0.05, 0.1) is 6.54 Å². The van der Waals surface area contributed by atoms with Gasteiger partial charge in [0.15, 0.2) is 11.5 Å². The minimum atomic E-state index is -0.199. The summed E-state index contributed by atoms with van der Waals surface area (Å²) in [6, 6.07) is 19.2. The Labute approximate surface area is 128 Å². The standard InChI is InChI=1S/C17H16N4O/c1-13-19-20-16(15-10-6-3-7-11-15)17(22)21(13)18-12-14-8-4-2-5-9-14/h2-11,18H,12H2,1H3. The van der Waals surface area contributed by atoms with Gasteiger partial charge >= 0.3 is 0 Å². The van der Waals surface area contributed by atoms with E-state index < -0.39 is 0 Å². The van der Waals surface area contributed by atoms with Gasteiger partial charge in [0.1, 0.15) is 0 Å². The summed E-state index contributed by atoms with van der Waals surface area (Å²) in [6.45, 7) is 2.29. The van der Waals surface area contributed by atoms with E-state index in [1.165, 1.54) is 4.68 Å². The summed E-state index contributed by atoms with van der Waals surface area (Å²) in [4.78, 5) is 12.6. The summed E-state index contributed by atoms with van der Waals surface area (Å²) in [5.41, 5.74) is 5.10. The molecule has 0 aliphatic rings. The number of hydrogen-bond donors (Lipinski definition) is 1. The van der Waals surface area contributed by atoms with Crippen LogP contribution in [0.5, 0.6) is 0 Å². The first-order chi connectivity index (χ1) is 10.8. The van der Waals surface area contributed by atoms with Gasteiger partial charge in [0.25, 0.3) is 5.56 Å². The number of hydrogen-bond acceptors (Lipinski definition) is 4. The first kappa shape index (κ1) is 14.0. The van der Waals surface area contributed by atoms with Crippen molar-refractivity contribution < 1.29 is 0 Å². The first-order valence-electron chi connectivity index (χ1n) is 7.05. The Bertz CT molecular complexity index is 813. The number of nitrogens with one attached hydrogen (secondary N) is 1. The molecule has 0 saturated heterocycles. The molecule has 0 atom stereocenters. The smallest absolute Gasteiger partial charge is 0.298 e. The highest BCUT2D eigenvalue weighted by molar-refractivity contribution is 5.57. The van der Waals surface area contributed by atoms with Crippen LogP contribution in [0.2, 0.25) is 0 Å². The SMILES string of the molecule is Cc1nnc(-c2ccccc2)c(=O)n1NCc1ccccc1. The van der Waals surface area contributed by atoms with E-state index in [1.54, 1.807) is 6.92 Å². The normalized spacial score (nSPS) is 10.4. The van der Waals surface area contributed by atoms with Crippen molar-refractivity contribution in [1.82, 2.24) is 14.9 Å². The fourth-order valence-electron chi connectivity index (χ4n) is 2.19. The Kier molecular flexibility index (Phi) is 3.96. The second kappa shape index (κ2) is 6.22. The van der Waals surface area contributed by atoms with E-state index in [0.29, 0.717) is 18.1 Å². The van der Waals surface area contributed by atoms with E-state index in [-0.39, 0.29) is 5.56 Å². The van der Waals surface area contributed by atoms with Gasteiger partial charge < -0.3 is 5.43 Å². The molecule has 3 rings (SSSR count). The van der Waals surface area contributed by atoms with Crippen molar-refractivity contribution >= 4 is 0 Å². The summed E-state index contributed by atoms with van der Waals surface area (Å²) in [5, 5.41) is 8.12. The molecule has 5 nitrogen and oxygen atoms in total. The van der Waals surface area contributed by atoms with Crippen LogP contribution in [0.4, 0.5) is 0 Å². The van der Waals surface area contributed by atoms with Gasteiger partial charge in [-0.25, -0.2) is 4.68 Å². The van der Waals surface area contributed by atoms with Gasteiger partial charge in [0.2, 0.25) is 0 Å². The van der Waals surface area contributed by atoms with E-state index in [9.17, 15) is 4.79 Å². The van der Waals surface area contributed by atoms with Gasteiger partial charge in [-0.2, -0.15) is 0 Å². The van der Waals surface area contributed by atoms with Gasteiger partial charge in [-0.1, -0.05) is 60.7 Å². The highest BCUT2D eigenvalue weighted by Gasteiger charge is 2.11. The van der Waals surface area contributed by atoms with Crippen LogP contribution in [0.1, 0.15) is 11.4 Å². The fraction of sp³-hybridized carbons (Fsp3) is 0.118. The van der Waals surface area contributed by atoms with Gasteiger partial charge in [-0.05, 0) is 12.5 Å². The minimum absolute atomic E-state index is 0.199. The second-order valence-electron chi connectivity index (χ2n) is 4.92. The van der Waals surface area contributed by atoms with E-state index in [4.69, 9.17) is 0 Å². The van der Waals surface area contributed by atoms with Crippen molar-refractivity contribution in [1.29, 1.82) is 0 Å². The van der Waals surface area contributed by atoms with Gasteiger partial charge in [-0.15, -0.1) is 10.2 Å². The van der Waals surface area contributed by atoms with Gasteiger partial charge in [-0.3, -0.25) is 4.79 Å². The number of benzene rings is 2. The van der Waals surface area contributed by atoms with Gasteiger partial charge in [0, 0.05) is 5.56 Å². The lowest BCUT2D eigenvalue weighted by atomic mass is 10.2. The monoisotopic (exact) mass is 292 g/mol. The molecule has 1 N–H and O–H groups in total. The van der Waals surface area contributed by atoms with Crippen LogP contribution < -0.4 is 11.0 Å². The Balaban J connectivity index is 1.93. The number of rotatable bonds is 4. The molecule has 0 bridgehead atoms. The Morgan fingerprint density at radius 3 is 2.27 bits per heavy atom. The predicted octanol–water partition coefficient (Wildman–Crippen LogP) is 2.36. The molecule has 0 saturated carbocycles. The van der Waals surface area contributed by atoms with Crippen LogP contribution in [0.3, 0.4) is 0 Å². The first-order valence-corrected chi connectivity index (χ1v) is 7.05. The maximum absolute atomic E-state index is 12.6. The summed E-state index contributed by atoms with van der Waals surface area (Å²) in [5.74, 6) is 0.528. The maximum atomic E-state index is 12.6. The molecule has 2 aromatic carbocycles. The average molecular weight is 292 g/mol. The zero-order valence-electron chi connectivity index (χ0n) is 12.2. The molecule has 0 aliphatic carbocycles. The van der Waals surface area contributed by atoms with Crippen LogP contribution in [0, 0.1) is 6.92 Å². The molecule has 22 heavy (non-hydrogen) atoms. The molecule has 110 valence electrons. The maximum Gasteiger partial charge on any atom is 0.298 e. The molecule has 0 fully saturated rings. The van der Waals surface area contributed by atoms with E-state index >= 15 is 0 Å². The molecule has 0 spiro atoms. The van der Waals surface area contributed by atoms with E-state index in [0.717, 1.165) is 11.1 Å². The highest BCUT2D eigenvalue weighted by atomic mass is 16.1. The van der Waals surface area contributed by atoms with E-state index in [1.807, 2.05) is 60.7 Å². The molecular formula is C17H16N4O. The lowest BCUT2D eigenvalue weighted by Crippen LogP contribution is -2.33. The van der Waals surface area contributed by atoms with Crippen LogP contribution in [-0.2, 0) is 6.54 Å². The number of aryl methyl sites for hydroxylation is 1. The van der Waals surface area contributed by atoms with Crippen molar-refractivity contribution in [3.05, 3.63) is 82.4 Å². The fourth-order valence-corrected chi connectivity index (χ4v) is 2.19. The lowest BCUT2D eigenvalue weighted by molar-refractivity contribution is 0.709. The zero-order valence-corrected chi connectivity index (χ0v) is 12.2. The zero-order chi connectivity index (χ0) is 15.4. The molecule has 0 radical (unpaired) electrons. The molecule has 5 heteroatoms. The Morgan fingerprint density at radius 2 is 1.59 bits per heavy atom. The third kappa shape index (κ3) is 2.88. The lowest BCUT2D eigenvalue weighted by Gasteiger charge is -2.12. The quantitative estimate of drug-likeness (QED) is 0.802. The number of aromatic nitrogens is 3. The van der Waals surface area contributed by atoms with E-state index in [2.05, 4.69) is 15.6 Å². The third-order valence-corrected chi connectivity index (χ3v) is 3.36. The molecule has 0 unspecified atom stereocenters. The molecule has 1 heterocycles. The summed E-state index contributed by atoms with van der Waals surface area (Å²) >= 11 is 0. The minimum Gasteiger partial charge on any atom is -0.317 e. The van der Waals surface area contributed by atoms with Crippen molar-refractivity contribution in [2.24, 2.45) is 0 Å². The molecule has 1 aromatic heterocycles. The average Bonchev–Trinajstić information content (AvgIpc) is 2.56. The van der Waals surface area contributed by atoms with Crippen LogP contribution >= 0.6 is 0 Å². The van der Waals surface area contributed by atoms with Crippen molar-refractivity contribution in [2.45, 2.75) is 13.5 Å². The summed E-state index contributed by atoms with van der Waals surface area (Å²) < 4.78 is 1.45. The molecule has 0 amide bonds. The van der Waals surface area contributed by atoms with Crippen LogP contribution in [-0.4, -0.2) is 14.9 Å². The highest BCUT2D eigenvalue weighted by Crippen LogP contribution is 2.10. The number of nitrogens with zero attached hydrogens (tertiary/aromatic N) is 3. The Morgan fingerprint density at radius 1 is 0.955 bits per heavy atom. The third-order valence-electron chi connectivity index (χ3n) is 3.36. The van der Waals surface area contributed by atoms with Crippen molar-refractivity contribution in [3.63, 3.8) is 0 Å². The Hall–Kier alpha value is -2.95.